The molecule has 0 saturated heterocycles. The second kappa shape index (κ2) is 6.83. The Morgan fingerprint density at radius 3 is 2.20 bits per heavy atom. The molecule has 0 aromatic carbocycles. The minimum Gasteiger partial charge on any atom is -0.480 e. The lowest BCUT2D eigenvalue weighted by molar-refractivity contribution is -0.140. The molecule has 2 N–H and O–H groups in total. The van der Waals surface area contributed by atoms with Crippen molar-refractivity contribution in [2.24, 2.45) is 0 Å². The van der Waals surface area contributed by atoms with Crippen molar-refractivity contribution in [3.8, 4) is 0 Å². The van der Waals surface area contributed by atoms with Gasteiger partial charge in [0, 0.05) is 5.54 Å². The predicted octanol–water partition coefficient (Wildman–Crippen LogP) is 2.80. The third-order valence-electron chi connectivity index (χ3n) is 3.23. The van der Waals surface area contributed by atoms with Crippen molar-refractivity contribution in [2.75, 3.05) is 0 Å². The summed E-state index contributed by atoms with van der Waals surface area (Å²) < 4.78 is 0. The van der Waals surface area contributed by atoms with Crippen LogP contribution in [-0.2, 0) is 4.79 Å². The first-order valence-electron chi connectivity index (χ1n) is 5.99. The number of carboxylic acid groups (broad SMARTS) is 1. The Kier molecular flexibility index (Phi) is 6.57. The molecule has 0 aliphatic carbocycles. The lowest BCUT2D eigenvalue weighted by atomic mass is 9.93. The topological polar surface area (TPSA) is 49.3 Å². The molecule has 0 aromatic rings. The van der Waals surface area contributed by atoms with Crippen LogP contribution in [0.25, 0.3) is 0 Å². The van der Waals surface area contributed by atoms with Gasteiger partial charge in [-0.05, 0) is 26.2 Å². The van der Waals surface area contributed by atoms with Crippen LogP contribution in [0.5, 0.6) is 0 Å². The molecule has 0 saturated carbocycles. The maximum Gasteiger partial charge on any atom is 0.320 e. The van der Waals surface area contributed by atoms with Gasteiger partial charge < -0.3 is 5.11 Å². The normalized spacial score (nSPS) is 13.9. The first-order valence-corrected chi connectivity index (χ1v) is 5.99. The summed E-state index contributed by atoms with van der Waals surface area (Å²) in [6, 6.07) is -0.394. The lowest BCUT2D eigenvalue weighted by Gasteiger charge is -2.32. The fourth-order valence-electron chi connectivity index (χ4n) is 1.54. The summed E-state index contributed by atoms with van der Waals surface area (Å²) in [5, 5.41) is 12.4. The molecule has 0 rings (SSSR count). The maximum absolute atomic E-state index is 11.1. The molecular weight excluding hydrogens is 190 g/mol. The third-order valence-corrected chi connectivity index (χ3v) is 3.23. The molecule has 0 spiro atoms. The summed E-state index contributed by atoms with van der Waals surface area (Å²) in [6.45, 7) is 8.36. The van der Waals surface area contributed by atoms with Crippen LogP contribution < -0.4 is 5.32 Å². The minimum atomic E-state index is -0.725. The van der Waals surface area contributed by atoms with Crippen molar-refractivity contribution in [1.82, 2.24) is 5.32 Å². The second-order valence-corrected chi connectivity index (χ2v) is 4.45. The molecule has 0 aliphatic rings. The van der Waals surface area contributed by atoms with Crippen molar-refractivity contribution < 1.29 is 9.90 Å². The van der Waals surface area contributed by atoms with E-state index in [2.05, 4.69) is 33.0 Å². The van der Waals surface area contributed by atoms with Crippen molar-refractivity contribution >= 4 is 5.97 Å². The summed E-state index contributed by atoms with van der Waals surface area (Å²) >= 11 is 0. The van der Waals surface area contributed by atoms with Crippen LogP contribution in [-0.4, -0.2) is 22.7 Å². The number of carboxylic acids is 1. The van der Waals surface area contributed by atoms with Gasteiger partial charge in [0.05, 0.1) is 0 Å². The van der Waals surface area contributed by atoms with E-state index < -0.39 is 12.0 Å². The summed E-state index contributed by atoms with van der Waals surface area (Å²) in [6.07, 6.45) is 4.65. The maximum atomic E-state index is 11.1. The van der Waals surface area contributed by atoms with Gasteiger partial charge in [-0.15, -0.1) is 0 Å². The second-order valence-electron chi connectivity index (χ2n) is 4.45. The highest BCUT2D eigenvalue weighted by Crippen LogP contribution is 2.16. The van der Waals surface area contributed by atoms with Gasteiger partial charge in [-0.1, -0.05) is 33.6 Å². The Balaban J connectivity index is 4.32. The molecule has 15 heavy (non-hydrogen) atoms. The zero-order valence-corrected chi connectivity index (χ0v) is 10.5. The van der Waals surface area contributed by atoms with Gasteiger partial charge in [-0.3, -0.25) is 10.1 Å². The molecule has 3 nitrogen and oxygen atoms in total. The van der Waals surface area contributed by atoms with Crippen molar-refractivity contribution in [3.63, 3.8) is 0 Å². The van der Waals surface area contributed by atoms with Crippen LogP contribution in [0.2, 0.25) is 0 Å². The molecule has 0 heterocycles. The molecular formula is C12H25NO2. The van der Waals surface area contributed by atoms with Gasteiger partial charge in [0.15, 0.2) is 0 Å². The van der Waals surface area contributed by atoms with Crippen LogP contribution in [0.4, 0.5) is 0 Å². The van der Waals surface area contributed by atoms with Crippen LogP contribution in [0.1, 0.15) is 59.8 Å². The van der Waals surface area contributed by atoms with E-state index in [1.807, 2.05) is 0 Å². The number of rotatable bonds is 8. The smallest absolute Gasteiger partial charge is 0.320 e. The average Bonchev–Trinajstić information content (AvgIpc) is 2.23. The first-order chi connectivity index (χ1) is 6.99. The van der Waals surface area contributed by atoms with Crippen LogP contribution in [0, 0.1) is 0 Å². The van der Waals surface area contributed by atoms with Crippen molar-refractivity contribution in [3.05, 3.63) is 0 Å². The first kappa shape index (κ1) is 14.4. The quantitative estimate of drug-likeness (QED) is 0.654. The van der Waals surface area contributed by atoms with E-state index in [0.29, 0.717) is 0 Å². The molecule has 0 aliphatic heterocycles. The number of hydrogen-bond acceptors (Lipinski definition) is 2. The van der Waals surface area contributed by atoms with Gasteiger partial charge in [-0.25, -0.2) is 0 Å². The van der Waals surface area contributed by atoms with Crippen molar-refractivity contribution in [2.45, 2.75) is 71.4 Å². The molecule has 0 radical (unpaired) electrons. The minimum absolute atomic E-state index is 0.0448. The van der Waals surface area contributed by atoms with Gasteiger partial charge >= 0.3 is 5.97 Å². The number of hydrogen-bond donors (Lipinski definition) is 2. The Bertz CT molecular complexity index is 188. The molecule has 1 unspecified atom stereocenters. The zero-order chi connectivity index (χ0) is 11.9. The molecule has 1 atom stereocenters. The molecule has 3 heteroatoms. The number of aliphatic carboxylic acids is 1. The molecule has 90 valence electrons. The summed E-state index contributed by atoms with van der Waals surface area (Å²) in [7, 11) is 0. The number of nitrogens with one attached hydrogen (secondary N) is 1. The van der Waals surface area contributed by atoms with Crippen LogP contribution in [0.3, 0.4) is 0 Å². The highest BCUT2D eigenvalue weighted by atomic mass is 16.4. The number of unbranched alkanes of at least 4 members (excludes halogenated alkanes) is 1. The van der Waals surface area contributed by atoms with E-state index >= 15 is 0 Å². The molecule has 0 bridgehead atoms. The Labute approximate surface area is 93.3 Å². The van der Waals surface area contributed by atoms with Gasteiger partial charge in [0.1, 0.15) is 6.04 Å². The van der Waals surface area contributed by atoms with Gasteiger partial charge in [-0.2, -0.15) is 0 Å². The average molecular weight is 215 g/mol. The van der Waals surface area contributed by atoms with E-state index in [-0.39, 0.29) is 5.54 Å². The van der Waals surface area contributed by atoms with E-state index in [9.17, 15) is 4.79 Å². The summed E-state index contributed by atoms with van der Waals surface area (Å²) in [4.78, 5) is 11.1. The standard InChI is InChI=1S/C12H25NO2/c1-5-8-9-10(11(14)15)13-12(4,6-2)7-3/h10,13H,5-9H2,1-4H3,(H,14,15). The van der Waals surface area contributed by atoms with E-state index in [4.69, 9.17) is 5.11 Å². The van der Waals surface area contributed by atoms with Crippen molar-refractivity contribution in [1.29, 1.82) is 0 Å². The van der Waals surface area contributed by atoms with Gasteiger partial charge in [0.2, 0.25) is 0 Å². The van der Waals surface area contributed by atoms with Crippen LogP contribution in [0.15, 0.2) is 0 Å². The highest BCUT2D eigenvalue weighted by Gasteiger charge is 2.26. The lowest BCUT2D eigenvalue weighted by Crippen LogP contribution is -2.50. The largest absolute Gasteiger partial charge is 0.480 e. The molecule has 0 amide bonds. The fourth-order valence-corrected chi connectivity index (χ4v) is 1.54. The van der Waals surface area contributed by atoms with E-state index in [1.54, 1.807) is 0 Å². The zero-order valence-electron chi connectivity index (χ0n) is 10.5. The SMILES string of the molecule is CCCCC(NC(C)(CC)CC)C(=O)O. The van der Waals surface area contributed by atoms with E-state index in [0.717, 1.165) is 32.1 Å². The monoisotopic (exact) mass is 215 g/mol. The summed E-state index contributed by atoms with van der Waals surface area (Å²) in [5.41, 5.74) is -0.0448. The Morgan fingerprint density at radius 2 is 1.87 bits per heavy atom. The Morgan fingerprint density at radius 1 is 1.33 bits per heavy atom. The Hall–Kier alpha value is -0.570. The summed E-state index contributed by atoms with van der Waals surface area (Å²) in [5.74, 6) is -0.725. The predicted molar refractivity (Wildman–Crippen MR) is 63.1 cm³/mol. The third kappa shape index (κ3) is 5.17. The van der Waals surface area contributed by atoms with E-state index in [1.165, 1.54) is 0 Å². The molecule has 0 aromatic heterocycles. The van der Waals surface area contributed by atoms with Crippen LogP contribution >= 0.6 is 0 Å². The molecule has 0 fully saturated rings. The fraction of sp³-hybridized carbons (Fsp3) is 0.917. The highest BCUT2D eigenvalue weighted by molar-refractivity contribution is 5.73. The van der Waals surface area contributed by atoms with Gasteiger partial charge in [0.25, 0.3) is 0 Å². The number of carbonyl (C=O) groups is 1.